The van der Waals surface area contributed by atoms with E-state index in [9.17, 15) is 27.9 Å². The number of carboxylic acid groups (broad SMARTS) is 1. The van der Waals surface area contributed by atoms with Crippen LogP contribution in [0.1, 0.15) is 61.0 Å². The Hall–Kier alpha value is -2.92. The number of carbonyl (C=O) groups excluding carboxylic acids is 2. The first-order chi connectivity index (χ1) is 18.1. The van der Waals surface area contributed by atoms with E-state index in [1.54, 1.807) is 19.0 Å². The number of nitrogens with one attached hydrogen (secondary N) is 2. The number of hydrogen-bond donors (Lipinski definition) is 4. The summed E-state index contributed by atoms with van der Waals surface area (Å²) in [5, 5.41) is 22.8. The molecule has 2 amide bonds. The van der Waals surface area contributed by atoms with E-state index < -0.39 is 35.1 Å². The van der Waals surface area contributed by atoms with Gasteiger partial charge in [-0.1, -0.05) is 90.4 Å². The normalized spacial score (nSPS) is 14.9. The smallest absolute Gasteiger partial charge is 0.475 e. The van der Waals surface area contributed by atoms with Crippen LogP contribution in [-0.2, 0) is 19.8 Å². The predicted octanol–water partition coefficient (Wildman–Crippen LogP) is 4.14. The van der Waals surface area contributed by atoms with E-state index in [-0.39, 0.29) is 30.4 Å². The number of carbonyl (C=O) groups is 3. The number of alkyl halides is 3. The highest BCUT2D eigenvalue weighted by molar-refractivity contribution is 5.91. The predicted molar refractivity (Wildman–Crippen MR) is 150 cm³/mol. The lowest BCUT2D eigenvalue weighted by molar-refractivity contribution is -0.192. The average molecular weight is 574 g/mol. The van der Waals surface area contributed by atoms with Gasteiger partial charge in [-0.05, 0) is 30.9 Å². The van der Waals surface area contributed by atoms with Crippen molar-refractivity contribution in [3.8, 4) is 0 Å². The van der Waals surface area contributed by atoms with Gasteiger partial charge in [0.2, 0.25) is 11.8 Å². The molecule has 8 nitrogen and oxygen atoms in total. The first kappa shape index (κ1) is 37.1. The second kappa shape index (κ2) is 15.2. The summed E-state index contributed by atoms with van der Waals surface area (Å²) in [4.78, 5) is 37.8. The standard InChI is InChI=1S/C27H45N3O3.C2HF3O2/c1-18(2)21(16-19(3)17-31)30(10)25(33)23(26(4,5)6)29-24(32)22(28-9)27(7,8)20-14-12-11-13-15-20;3-2(4,5)1(6)7/h11-16,18,21-23,28,31H,17H2,1-10H3,(H,29,32);(H,6,7)/t21-,22-,23-;/m1./s1. The summed E-state index contributed by atoms with van der Waals surface area (Å²) in [6.07, 6.45) is -3.15. The highest BCUT2D eigenvalue weighted by Crippen LogP contribution is 2.29. The molecule has 0 aliphatic rings. The molecule has 0 unspecified atom stereocenters. The van der Waals surface area contributed by atoms with Crippen LogP contribution in [0.2, 0.25) is 0 Å². The highest BCUT2D eigenvalue weighted by atomic mass is 19.4. The minimum atomic E-state index is -5.08. The Morgan fingerprint density at radius 3 is 1.82 bits per heavy atom. The fourth-order valence-corrected chi connectivity index (χ4v) is 4.17. The molecule has 228 valence electrons. The maximum absolute atomic E-state index is 13.7. The molecule has 0 saturated carbocycles. The third-order valence-electron chi connectivity index (χ3n) is 6.61. The molecule has 0 aliphatic heterocycles. The van der Waals surface area contributed by atoms with Crippen LogP contribution in [0.4, 0.5) is 13.2 Å². The van der Waals surface area contributed by atoms with E-state index in [0.29, 0.717) is 0 Å². The molecule has 3 atom stereocenters. The van der Waals surface area contributed by atoms with E-state index in [1.807, 2.05) is 91.8 Å². The first-order valence-electron chi connectivity index (χ1n) is 13.0. The van der Waals surface area contributed by atoms with Gasteiger partial charge >= 0.3 is 12.1 Å². The molecule has 40 heavy (non-hydrogen) atoms. The summed E-state index contributed by atoms with van der Waals surface area (Å²) in [6.45, 7) is 15.8. The van der Waals surface area contributed by atoms with Gasteiger partial charge in [-0.2, -0.15) is 13.2 Å². The van der Waals surface area contributed by atoms with Crippen LogP contribution < -0.4 is 10.6 Å². The number of nitrogens with zero attached hydrogens (tertiary/aromatic N) is 1. The number of halogens is 3. The molecule has 4 N–H and O–H groups in total. The van der Waals surface area contributed by atoms with Crippen molar-refractivity contribution in [1.82, 2.24) is 15.5 Å². The average Bonchev–Trinajstić information content (AvgIpc) is 2.84. The van der Waals surface area contributed by atoms with Crippen molar-refractivity contribution in [1.29, 1.82) is 0 Å². The maximum atomic E-state index is 13.7. The number of hydrogen-bond acceptors (Lipinski definition) is 5. The molecule has 0 radical (unpaired) electrons. The molecule has 11 heteroatoms. The largest absolute Gasteiger partial charge is 0.490 e. The van der Waals surface area contributed by atoms with Gasteiger partial charge in [0.25, 0.3) is 0 Å². The summed E-state index contributed by atoms with van der Waals surface area (Å²) in [5.74, 6) is -2.97. The van der Waals surface area contributed by atoms with Crippen molar-refractivity contribution in [2.75, 3.05) is 20.7 Å². The Balaban J connectivity index is 0.00000191. The van der Waals surface area contributed by atoms with Crippen molar-refractivity contribution >= 4 is 17.8 Å². The minimum absolute atomic E-state index is 0.0525. The second-order valence-electron chi connectivity index (χ2n) is 11.8. The monoisotopic (exact) mass is 573 g/mol. The Morgan fingerprint density at radius 2 is 1.48 bits per heavy atom. The second-order valence-corrected chi connectivity index (χ2v) is 11.8. The Labute approximate surface area is 236 Å². The molecule has 0 aromatic heterocycles. The van der Waals surface area contributed by atoms with Gasteiger partial charge in [0.15, 0.2) is 0 Å². The number of amides is 2. The summed E-state index contributed by atoms with van der Waals surface area (Å²) in [6, 6.07) is 8.49. The zero-order valence-corrected chi connectivity index (χ0v) is 25.2. The van der Waals surface area contributed by atoms with E-state index in [2.05, 4.69) is 10.6 Å². The van der Waals surface area contributed by atoms with Crippen molar-refractivity contribution in [2.45, 2.75) is 85.1 Å². The lowest BCUT2D eigenvalue weighted by Crippen LogP contribution is -2.61. The van der Waals surface area contributed by atoms with E-state index in [0.717, 1.165) is 11.1 Å². The fourth-order valence-electron chi connectivity index (χ4n) is 4.17. The first-order valence-corrected chi connectivity index (χ1v) is 13.0. The number of carboxylic acids is 1. The van der Waals surface area contributed by atoms with Crippen molar-refractivity contribution in [3.05, 3.63) is 47.5 Å². The fraction of sp³-hybridized carbons (Fsp3) is 0.621. The van der Waals surface area contributed by atoms with Crippen molar-refractivity contribution in [3.63, 3.8) is 0 Å². The van der Waals surface area contributed by atoms with Crippen LogP contribution in [-0.4, -0.2) is 77.9 Å². The topological polar surface area (TPSA) is 119 Å². The zero-order chi connectivity index (χ0) is 31.6. The number of aliphatic carboxylic acids is 1. The van der Waals surface area contributed by atoms with E-state index >= 15 is 0 Å². The molecule has 0 spiro atoms. The van der Waals surface area contributed by atoms with Crippen LogP contribution in [0.5, 0.6) is 0 Å². The number of aliphatic hydroxyl groups excluding tert-OH is 1. The Bertz CT molecular complexity index is 1000. The van der Waals surface area contributed by atoms with Gasteiger partial charge in [-0.15, -0.1) is 0 Å². The number of benzene rings is 1. The minimum Gasteiger partial charge on any atom is -0.475 e. The molecule has 0 bridgehead atoms. The third kappa shape index (κ3) is 10.9. The molecular weight excluding hydrogens is 527 g/mol. The molecule has 0 fully saturated rings. The Morgan fingerprint density at radius 1 is 1.00 bits per heavy atom. The summed E-state index contributed by atoms with van der Waals surface area (Å²) < 4.78 is 31.7. The van der Waals surface area contributed by atoms with Crippen LogP contribution in [0.25, 0.3) is 0 Å². The van der Waals surface area contributed by atoms with Crippen molar-refractivity contribution < 1.29 is 37.8 Å². The van der Waals surface area contributed by atoms with Gasteiger partial charge in [0, 0.05) is 12.5 Å². The molecule has 1 aromatic carbocycles. The molecular formula is C29H46F3N3O5. The highest BCUT2D eigenvalue weighted by Gasteiger charge is 2.41. The molecule has 0 heterocycles. The number of likely N-dealkylation sites (N-methyl/N-ethyl adjacent to an activating group) is 2. The quantitative estimate of drug-likeness (QED) is 0.313. The number of rotatable bonds is 10. The number of aliphatic hydroxyl groups is 1. The van der Waals surface area contributed by atoms with Crippen molar-refractivity contribution in [2.24, 2.45) is 11.3 Å². The van der Waals surface area contributed by atoms with Gasteiger partial charge in [-0.3, -0.25) is 9.59 Å². The Kier molecular flexibility index (Phi) is 14.1. The van der Waals surface area contributed by atoms with Crippen LogP contribution in [0.15, 0.2) is 42.0 Å². The molecule has 1 aromatic rings. The van der Waals surface area contributed by atoms with Crippen LogP contribution in [0, 0.1) is 11.3 Å². The van der Waals surface area contributed by atoms with Gasteiger partial charge in [0.05, 0.1) is 18.7 Å². The van der Waals surface area contributed by atoms with E-state index in [4.69, 9.17) is 9.90 Å². The maximum Gasteiger partial charge on any atom is 0.490 e. The molecule has 0 aliphatic carbocycles. The summed E-state index contributed by atoms with van der Waals surface area (Å²) >= 11 is 0. The van der Waals surface area contributed by atoms with E-state index in [1.165, 1.54) is 0 Å². The molecule has 1 rings (SSSR count). The summed E-state index contributed by atoms with van der Waals surface area (Å²) in [5.41, 5.74) is 0.871. The van der Waals surface area contributed by atoms with Crippen LogP contribution >= 0.6 is 0 Å². The van der Waals surface area contributed by atoms with Gasteiger partial charge < -0.3 is 25.7 Å². The SMILES string of the molecule is CN[C@H](C(=O)N[C@H](C(=O)N(C)[C@H](C=C(C)CO)C(C)C)C(C)(C)C)C(C)(C)c1ccccc1.O=C(O)C(F)(F)F. The lowest BCUT2D eigenvalue weighted by atomic mass is 9.76. The third-order valence-corrected chi connectivity index (χ3v) is 6.61. The van der Waals surface area contributed by atoms with Gasteiger partial charge in [-0.25, -0.2) is 4.79 Å². The van der Waals surface area contributed by atoms with Gasteiger partial charge in [0.1, 0.15) is 6.04 Å². The van der Waals surface area contributed by atoms with Crippen LogP contribution in [0.3, 0.4) is 0 Å². The lowest BCUT2D eigenvalue weighted by Gasteiger charge is -2.40. The zero-order valence-electron chi connectivity index (χ0n) is 25.2. The molecule has 0 saturated heterocycles. The summed E-state index contributed by atoms with van der Waals surface area (Å²) in [7, 11) is 3.54.